The summed E-state index contributed by atoms with van der Waals surface area (Å²) in [7, 11) is 1.34. The van der Waals surface area contributed by atoms with Crippen molar-refractivity contribution in [3.8, 4) is 0 Å². The Morgan fingerprint density at radius 1 is 1.62 bits per heavy atom. The Balaban J connectivity index is 1.98. The average Bonchev–Trinajstić information content (AvgIpc) is 2.78. The Hall–Kier alpha value is -1.04. The minimum Gasteiger partial charge on any atom is -0.469 e. The van der Waals surface area contributed by atoms with E-state index >= 15 is 0 Å². The summed E-state index contributed by atoms with van der Waals surface area (Å²) in [6.07, 6.45) is 3.61. The Labute approximate surface area is 97.9 Å². The zero-order valence-corrected chi connectivity index (χ0v) is 9.96. The topological polar surface area (TPSA) is 65.2 Å². The third-order valence-electron chi connectivity index (χ3n) is 2.47. The SMILES string of the molecule is COC(=O)Cc1nc(C2CCCCS2)no1. The van der Waals surface area contributed by atoms with Crippen LogP contribution in [0.15, 0.2) is 4.52 Å². The summed E-state index contributed by atoms with van der Waals surface area (Å²) in [5.74, 6) is 1.84. The molecule has 0 N–H and O–H groups in total. The minimum atomic E-state index is -0.355. The van der Waals surface area contributed by atoms with Crippen molar-refractivity contribution in [2.45, 2.75) is 30.9 Å². The van der Waals surface area contributed by atoms with Crippen LogP contribution >= 0.6 is 11.8 Å². The number of ether oxygens (including phenoxy) is 1. The number of hydrogen-bond acceptors (Lipinski definition) is 6. The molecule has 0 amide bonds. The van der Waals surface area contributed by atoms with Gasteiger partial charge in [0, 0.05) is 0 Å². The molecule has 1 fully saturated rings. The van der Waals surface area contributed by atoms with Crippen molar-refractivity contribution in [2.24, 2.45) is 0 Å². The molecule has 16 heavy (non-hydrogen) atoms. The van der Waals surface area contributed by atoms with Crippen molar-refractivity contribution in [3.63, 3.8) is 0 Å². The molecule has 1 aromatic heterocycles. The first-order chi connectivity index (χ1) is 7.79. The molecular formula is C10H14N2O3S. The van der Waals surface area contributed by atoms with Crippen molar-refractivity contribution in [3.05, 3.63) is 11.7 Å². The number of esters is 1. The summed E-state index contributed by atoms with van der Waals surface area (Å²) in [6, 6.07) is 0. The van der Waals surface area contributed by atoms with Crippen LogP contribution in [0.5, 0.6) is 0 Å². The fraction of sp³-hybridized carbons (Fsp3) is 0.700. The third-order valence-corrected chi connectivity index (χ3v) is 3.85. The smallest absolute Gasteiger partial charge is 0.315 e. The highest BCUT2D eigenvalue weighted by molar-refractivity contribution is 7.99. The van der Waals surface area contributed by atoms with Gasteiger partial charge in [-0.15, -0.1) is 0 Å². The van der Waals surface area contributed by atoms with E-state index < -0.39 is 0 Å². The first-order valence-electron chi connectivity index (χ1n) is 5.30. The van der Waals surface area contributed by atoms with Gasteiger partial charge in [0.15, 0.2) is 5.82 Å². The fourth-order valence-corrected chi connectivity index (χ4v) is 2.84. The van der Waals surface area contributed by atoms with Gasteiger partial charge >= 0.3 is 5.97 Å². The number of nitrogens with zero attached hydrogens (tertiary/aromatic N) is 2. The quantitative estimate of drug-likeness (QED) is 0.752. The molecule has 0 bridgehead atoms. The van der Waals surface area contributed by atoms with Gasteiger partial charge in [0.2, 0.25) is 5.89 Å². The van der Waals surface area contributed by atoms with Crippen molar-refractivity contribution in [1.29, 1.82) is 0 Å². The number of hydrogen-bond donors (Lipinski definition) is 0. The van der Waals surface area contributed by atoms with E-state index in [0.29, 0.717) is 17.0 Å². The molecule has 6 heteroatoms. The van der Waals surface area contributed by atoms with Crippen LogP contribution in [0.25, 0.3) is 0 Å². The lowest BCUT2D eigenvalue weighted by Gasteiger charge is -2.17. The standard InChI is InChI=1S/C10H14N2O3S/c1-14-9(13)6-8-11-10(12-15-8)7-4-2-3-5-16-7/h7H,2-6H2,1H3. The van der Waals surface area contributed by atoms with E-state index in [2.05, 4.69) is 14.9 Å². The number of aromatic nitrogens is 2. The van der Waals surface area contributed by atoms with Crippen LogP contribution in [0.2, 0.25) is 0 Å². The van der Waals surface area contributed by atoms with E-state index in [9.17, 15) is 4.79 Å². The molecule has 0 saturated carbocycles. The number of thioether (sulfide) groups is 1. The van der Waals surface area contributed by atoms with Crippen LogP contribution in [-0.4, -0.2) is 29.0 Å². The van der Waals surface area contributed by atoms with Crippen molar-refractivity contribution in [2.75, 3.05) is 12.9 Å². The van der Waals surface area contributed by atoms with E-state index in [0.717, 1.165) is 12.2 Å². The zero-order valence-electron chi connectivity index (χ0n) is 9.14. The van der Waals surface area contributed by atoms with Gasteiger partial charge < -0.3 is 9.26 Å². The Morgan fingerprint density at radius 3 is 3.19 bits per heavy atom. The summed E-state index contributed by atoms with van der Waals surface area (Å²) < 4.78 is 9.55. The molecule has 1 saturated heterocycles. The first-order valence-corrected chi connectivity index (χ1v) is 6.35. The van der Waals surface area contributed by atoms with Crippen LogP contribution in [0.3, 0.4) is 0 Å². The number of carbonyl (C=O) groups is 1. The third kappa shape index (κ3) is 2.75. The average molecular weight is 242 g/mol. The summed E-state index contributed by atoms with van der Waals surface area (Å²) in [4.78, 5) is 15.2. The van der Waals surface area contributed by atoms with Gasteiger partial charge in [0.25, 0.3) is 0 Å². The molecule has 5 nitrogen and oxygen atoms in total. The molecule has 2 rings (SSSR count). The van der Waals surface area contributed by atoms with E-state index in [1.165, 1.54) is 20.0 Å². The Kier molecular flexibility index (Phi) is 3.82. The van der Waals surface area contributed by atoms with E-state index in [1.807, 2.05) is 11.8 Å². The maximum atomic E-state index is 11.0. The molecule has 0 aliphatic carbocycles. The lowest BCUT2D eigenvalue weighted by molar-refractivity contribution is -0.140. The fourth-order valence-electron chi connectivity index (χ4n) is 1.61. The molecule has 88 valence electrons. The van der Waals surface area contributed by atoms with Crippen LogP contribution in [0.4, 0.5) is 0 Å². The summed E-state index contributed by atoms with van der Waals surface area (Å²) in [5.41, 5.74) is 0. The van der Waals surface area contributed by atoms with Gasteiger partial charge in [-0.3, -0.25) is 4.79 Å². The van der Waals surface area contributed by atoms with Crippen molar-refractivity contribution < 1.29 is 14.1 Å². The molecule has 0 aromatic carbocycles. The van der Waals surface area contributed by atoms with Crippen molar-refractivity contribution in [1.82, 2.24) is 10.1 Å². The monoisotopic (exact) mass is 242 g/mol. The minimum absolute atomic E-state index is 0.0564. The lowest BCUT2D eigenvalue weighted by Crippen LogP contribution is -2.06. The van der Waals surface area contributed by atoms with Gasteiger partial charge in [0.05, 0.1) is 12.4 Å². The van der Waals surface area contributed by atoms with Gasteiger partial charge in [-0.2, -0.15) is 16.7 Å². The second kappa shape index (κ2) is 5.34. The molecule has 1 unspecified atom stereocenters. The van der Waals surface area contributed by atoms with E-state index in [-0.39, 0.29) is 12.4 Å². The molecule has 1 aliphatic rings. The molecular weight excluding hydrogens is 228 g/mol. The van der Waals surface area contributed by atoms with Crippen LogP contribution in [-0.2, 0) is 16.0 Å². The second-order valence-electron chi connectivity index (χ2n) is 3.65. The highest BCUT2D eigenvalue weighted by atomic mass is 32.2. The predicted octanol–water partition coefficient (Wildman–Crippen LogP) is 1.74. The Morgan fingerprint density at radius 2 is 2.50 bits per heavy atom. The largest absolute Gasteiger partial charge is 0.469 e. The van der Waals surface area contributed by atoms with Gasteiger partial charge in [-0.1, -0.05) is 11.6 Å². The molecule has 2 heterocycles. The molecule has 1 aromatic rings. The summed E-state index contributed by atoms with van der Waals surface area (Å²) in [5, 5.41) is 4.24. The molecule has 1 aliphatic heterocycles. The number of carbonyl (C=O) groups excluding carboxylic acids is 1. The summed E-state index contributed by atoms with van der Waals surface area (Å²) in [6.45, 7) is 0. The van der Waals surface area contributed by atoms with Gasteiger partial charge in [-0.05, 0) is 18.6 Å². The highest BCUT2D eigenvalue weighted by Crippen LogP contribution is 2.36. The highest BCUT2D eigenvalue weighted by Gasteiger charge is 2.22. The zero-order chi connectivity index (χ0) is 11.4. The van der Waals surface area contributed by atoms with E-state index in [1.54, 1.807) is 0 Å². The maximum Gasteiger partial charge on any atom is 0.315 e. The van der Waals surface area contributed by atoms with E-state index in [4.69, 9.17) is 4.52 Å². The number of rotatable bonds is 3. The summed E-state index contributed by atoms with van der Waals surface area (Å²) >= 11 is 1.85. The molecule has 0 spiro atoms. The number of methoxy groups -OCH3 is 1. The van der Waals surface area contributed by atoms with Crippen LogP contribution in [0, 0.1) is 0 Å². The maximum absolute atomic E-state index is 11.0. The Bertz CT molecular complexity index is 361. The lowest BCUT2D eigenvalue weighted by atomic mass is 10.2. The van der Waals surface area contributed by atoms with Gasteiger partial charge in [-0.25, -0.2) is 0 Å². The molecule has 1 atom stereocenters. The normalized spacial score (nSPS) is 20.7. The van der Waals surface area contributed by atoms with Crippen LogP contribution in [0.1, 0.15) is 36.2 Å². The van der Waals surface area contributed by atoms with Crippen molar-refractivity contribution >= 4 is 17.7 Å². The second-order valence-corrected chi connectivity index (χ2v) is 4.97. The van der Waals surface area contributed by atoms with Crippen LogP contribution < -0.4 is 0 Å². The van der Waals surface area contributed by atoms with Gasteiger partial charge in [0.1, 0.15) is 6.42 Å². The molecule has 0 radical (unpaired) electrons. The first kappa shape index (κ1) is 11.4. The predicted molar refractivity (Wildman–Crippen MR) is 59.1 cm³/mol.